The Balaban J connectivity index is 1.72. The van der Waals surface area contributed by atoms with Crippen molar-refractivity contribution in [2.75, 3.05) is 0 Å². The van der Waals surface area contributed by atoms with Crippen molar-refractivity contribution in [2.45, 2.75) is 26.8 Å². The van der Waals surface area contributed by atoms with Gasteiger partial charge in [-0.3, -0.25) is 4.79 Å². The summed E-state index contributed by atoms with van der Waals surface area (Å²) in [6, 6.07) is 15.5. The van der Waals surface area contributed by atoms with E-state index in [1.807, 2.05) is 31.2 Å². The smallest absolute Gasteiger partial charge is 0.274 e. The Morgan fingerprint density at radius 3 is 2.56 bits per heavy atom. The minimum absolute atomic E-state index is 0.245. The first-order chi connectivity index (χ1) is 12.1. The largest absolute Gasteiger partial charge is 0.347 e. The molecule has 0 fully saturated rings. The molecule has 0 aliphatic carbocycles. The van der Waals surface area contributed by atoms with Crippen LogP contribution in [0.25, 0.3) is 5.69 Å². The number of carbonyl (C=O) groups is 1. The van der Waals surface area contributed by atoms with Gasteiger partial charge >= 0.3 is 0 Å². The van der Waals surface area contributed by atoms with Crippen molar-refractivity contribution in [3.8, 4) is 5.69 Å². The highest BCUT2D eigenvalue weighted by molar-refractivity contribution is 6.30. The highest BCUT2D eigenvalue weighted by Crippen LogP contribution is 2.16. The summed E-state index contributed by atoms with van der Waals surface area (Å²) in [4.78, 5) is 12.4. The Hall–Kier alpha value is -2.66. The molecule has 0 bridgehead atoms. The van der Waals surface area contributed by atoms with Gasteiger partial charge in [-0.1, -0.05) is 54.1 Å². The topological polar surface area (TPSA) is 59.8 Å². The van der Waals surface area contributed by atoms with Crippen LogP contribution in [0.5, 0.6) is 0 Å². The van der Waals surface area contributed by atoms with Gasteiger partial charge in [-0.15, -0.1) is 5.10 Å². The van der Waals surface area contributed by atoms with Gasteiger partial charge in [-0.25, -0.2) is 4.68 Å². The summed E-state index contributed by atoms with van der Waals surface area (Å²) in [5.74, 6) is -0.245. The lowest BCUT2D eigenvalue weighted by molar-refractivity contribution is 0.0945. The maximum Gasteiger partial charge on any atom is 0.274 e. The molecule has 1 amide bonds. The van der Waals surface area contributed by atoms with Crippen LogP contribution in [0, 0.1) is 6.92 Å². The van der Waals surface area contributed by atoms with E-state index in [1.165, 1.54) is 5.56 Å². The molecule has 0 spiro atoms. The number of halogens is 1. The molecule has 0 unspecified atom stereocenters. The Kier molecular flexibility index (Phi) is 5.14. The molecule has 0 saturated heterocycles. The van der Waals surface area contributed by atoms with E-state index in [4.69, 9.17) is 11.6 Å². The van der Waals surface area contributed by atoms with Crippen LogP contribution in [-0.2, 0) is 13.0 Å². The summed E-state index contributed by atoms with van der Waals surface area (Å²) in [5, 5.41) is 11.6. The molecule has 1 aromatic heterocycles. The summed E-state index contributed by atoms with van der Waals surface area (Å²) in [6.45, 7) is 4.38. The predicted octanol–water partition coefficient (Wildman–Crippen LogP) is 3.72. The lowest BCUT2D eigenvalue weighted by Crippen LogP contribution is -2.24. The van der Waals surface area contributed by atoms with Gasteiger partial charge in [0.25, 0.3) is 5.91 Å². The van der Waals surface area contributed by atoms with Crippen molar-refractivity contribution in [3.63, 3.8) is 0 Å². The van der Waals surface area contributed by atoms with Crippen molar-refractivity contribution in [1.29, 1.82) is 0 Å². The number of nitrogens with zero attached hydrogens (tertiary/aromatic N) is 3. The van der Waals surface area contributed by atoms with Crippen LogP contribution >= 0.6 is 11.6 Å². The predicted molar refractivity (Wildman–Crippen MR) is 98.1 cm³/mol. The van der Waals surface area contributed by atoms with Gasteiger partial charge in [0.1, 0.15) is 0 Å². The quantitative estimate of drug-likeness (QED) is 0.759. The van der Waals surface area contributed by atoms with Crippen LogP contribution in [-0.4, -0.2) is 20.9 Å². The van der Waals surface area contributed by atoms with Crippen LogP contribution < -0.4 is 5.32 Å². The van der Waals surface area contributed by atoms with Crippen molar-refractivity contribution >= 4 is 17.5 Å². The lowest BCUT2D eigenvalue weighted by atomic mass is 10.1. The molecule has 1 heterocycles. The summed E-state index contributed by atoms with van der Waals surface area (Å²) < 4.78 is 1.61. The number of hydrogen-bond donors (Lipinski definition) is 1. The third-order valence-corrected chi connectivity index (χ3v) is 4.28. The number of hydrogen-bond acceptors (Lipinski definition) is 3. The average Bonchev–Trinajstić information content (AvgIpc) is 3.01. The van der Waals surface area contributed by atoms with E-state index in [-0.39, 0.29) is 5.91 Å². The fourth-order valence-corrected chi connectivity index (χ4v) is 2.74. The normalized spacial score (nSPS) is 10.7. The highest BCUT2D eigenvalue weighted by Gasteiger charge is 2.17. The molecule has 1 N–H and O–H groups in total. The van der Waals surface area contributed by atoms with Crippen LogP contribution in [0.3, 0.4) is 0 Å². The van der Waals surface area contributed by atoms with Crippen molar-refractivity contribution in [1.82, 2.24) is 20.3 Å². The monoisotopic (exact) mass is 354 g/mol. The van der Waals surface area contributed by atoms with E-state index >= 15 is 0 Å². The Morgan fingerprint density at radius 2 is 1.88 bits per heavy atom. The Morgan fingerprint density at radius 1 is 1.16 bits per heavy atom. The molecule has 25 heavy (non-hydrogen) atoms. The van der Waals surface area contributed by atoms with Gasteiger partial charge in [0.2, 0.25) is 0 Å². The number of aryl methyl sites for hydroxylation is 1. The van der Waals surface area contributed by atoms with Gasteiger partial charge in [0.05, 0.1) is 11.4 Å². The molecule has 0 saturated carbocycles. The highest BCUT2D eigenvalue weighted by atomic mass is 35.5. The summed E-state index contributed by atoms with van der Waals surface area (Å²) in [5.41, 5.74) is 4.07. The number of carbonyl (C=O) groups excluding carboxylic acids is 1. The van der Waals surface area contributed by atoms with Crippen molar-refractivity contribution < 1.29 is 4.79 Å². The Labute approximate surface area is 151 Å². The van der Waals surface area contributed by atoms with E-state index in [0.717, 1.165) is 17.7 Å². The van der Waals surface area contributed by atoms with Crippen LogP contribution in [0.4, 0.5) is 0 Å². The van der Waals surface area contributed by atoms with Gasteiger partial charge in [-0.05, 0) is 42.7 Å². The van der Waals surface area contributed by atoms with Crippen molar-refractivity contribution in [2.24, 2.45) is 0 Å². The number of benzene rings is 2. The average molecular weight is 355 g/mol. The first-order valence-corrected chi connectivity index (χ1v) is 8.50. The van der Waals surface area contributed by atoms with Gasteiger partial charge in [0.15, 0.2) is 5.69 Å². The van der Waals surface area contributed by atoms with Crippen LogP contribution in [0.1, 0.15) is 34.2 Å². The zero-order valence-corrected chi connectivity index (χ0v) is 14.9. The number of nitrogens with one attached hydrogen (secondary N) is 1. The van der Waals surface area contributed by atoms with E-state index in [2.05, 4.69) is 34.7 Å². The number of amides is 1. The molecule has 0 radical (unpaired) electrons. The van der Waals surface area contributed by atoms with E-state index in [1.54, 1.807) is 16.8 Å². The zero-order valence-electron chi connectivity index (χ0n) is 14.2. The van der Waals surface area contributed by atoms with Gasteiger partial charge in [-0.2, -0.15) is 0 Å². The van der Waals surface area contributed by atoms with Crippen LogP contribution in [0.2, 0.25) is 5.02 Å². The minimum Gasteiger partial charge on any atom is -0.347 e. The third-order valence-electron chi connectivity index (χ3n) is 4.05. The molecular weight excluding hydrogens is 336 g/mol. The van der Waals surface area contributed by atoms with Crippen LogP contribution in [0.15, 0.2) is 48.5 Å². The maximum atomic E-state index is 12.4. The third kappa shape index (κ3) is 3.88. The fraction of sp³-hybridized carbons (Fsp3) is 0.211. The van der Waals surface area contributed by atoms with Gasteiger partial charge < -0.3 is 5.32 Å². The molecule has 0 aliphatic rings. The standard InChI is InChI=1S/C19H19ClN4O/c1-3-14-7-9-15(10-8-14)12-21-19(25)18-13(2)24(23-22-18)17-6-4-5-16(20)11-17/h4-11H,3,12H2,1-2H3,(H,21,25). The molecule has 5 nitrogen and oxygen atoms in total. The first-order valence-electron chi connectivity index (χ1n) is 8.12. The van der Waals surface area contributed by atoms with E-state index in [9.17, 15) is 4.79 Å². The molecule has 3 rings (SSSR count). The zero-order chi connectivity index (χ0) is 17.8. The lowest BCUT2D eigenvalue weighted by Gasteiger charge is -2.06. The molecular formula is C19H19ClN4O. The molecule has 0 atom stereocenters. The number of aromatic nitrogens is 3. The minimum atomic E-state index is -0.245. The van der Waals surface area contributed by atoms with E-state index < -0.39 is 0 Å². The number of rotatable bonds is 5. The summed E-state index contributed by atoms with van der Waals surface area (Å²) in [6.07, 6.45) is 0.998. The van der Waals surface area contributed by atoms with E-state index in [0.29, 0.717) is 23.0 Å². The second-order valence-electron chi connectivity index (χ2n) is 5.77. The molecule has 0 aliphatic heterocycles. The van der Waals surface area contributed by atoms with Gasteiger partial charge in [0, 0.05) is 11.6 Å². The van der Waals surface area contributed by atoms with Crippen molar-refractivity contribution in [3.05, 3.63) is 76.1 Å². The Bertz CT molecular complexity index is 887. The second kappa shape index (κ2) is 7.49. The summed E-state index contributed by atoms with van der Waals surface area (Å²) in [7, 11) is 0. The molecule has 6 heteroatoms. The fourth-order valence-electron chi connectivity index (χ4n) is 2.55. The second-order valence-corrected chi connectivity index (χ2v) is 6.20. The SMILES string of the molecule is CCc1ccc(CNC(=O)c2nnn(-c3cccc(Cl)c3)c2C)cc1. The summed E-state index contributed by atoms with van der Waals surface area (Å²) >= 11 is 6.01. The molecule has 2 aromatic carbocycles. The maximum absolute atomic E-state index is 12.4. The molecule has 3 aromatic rings. The first kappa shape index (κ1) is 17.2. The molecule has 128 valence electrons.